The minimum atomic E-state index is -4.80. The zero-order chi connectivity index (χ0) is 56.1. The molecule has 0 N–H and O–H groups in total. The van der Waals surface area contributed by atoms with Gasteiger partial charge in [0.1, 0.15) is 20.2 Å². The molecule has 0 spiro atoms. The van der Waals surface area contributed by atoms with Crippen molar-refractivity contribution in [1.29, 1.82) is 0 Å². The summed E-state index contributed by atoms with van der Waals surface area (Å²) in [4.78, 5) is 49.5. The SMILES string of the molecule is CC/C=C/CCCCCCCOC(=O)c1ccc(S(=O)(=O)[O-])cc1C(=O)OCCCCCCC/C=C/CC.CC/C=C/CCCCCCCOC(=O)c1ccc(S(=O)(=O)[O-])cc1C(=O)OCCCCCCC/C=C/CC.[Ca+2]. The van der Waals surface area contributed by atoms with Gasteiger partial charge in [0.25, 0.3) is 0 Å². The van der Waals surface area contributed by atoms with Gasteiger partial charge in [-0.25, -0.2) is 36.0 Å². The summed E-state index contributed by atoms with van der Waals surface area (Å²) in [5.41, 5.74) is -0.750. The molecule has 2 aromatic rings. The van der Waals surface area contributed by atoms with E-state index in [2.05, 4.69) is 76.3 Å². The monoisotopic (exact) mass is 1140 g/mol. The maximum atomic E-state index is 12.7. The first-order valence-electron chi connectivity index (χ1n) is 28.1. The van der Waals surface area contributed by atoms with Crippen LogP contribution in [0.1, 0.15) is 249 Å². The molecule has 428 valence electrons. The van der Waals surface area contributed by atoms with Crippen LogP contribution < -0.4 is 0 Å². The van der Waals surface area contributed by atoms with Crippen LogP contribution in [0.15, 0.2) is 94.8 Å². The molecule has 0 saturated heterocycles. The molecule has 0 fully saturated rings. The molecular formula is C60H90CaO14S2. The molecule has 0 amide bonds. The second-order valence-corrected chi connectivity index (χ2v) is 21.4. The quantitative estimate of drug-likeness (QED) is 0.0151. The first kappa shape index (κ1) is 73.4. The number of carbonyl (C=O) groups excluding carboxylic acids is 4. The molecule has 0 unspecified atom stereocenters. The van der Waals surface area contributed by atoms with E-state index in [4.69, 9.17) is 18.9 Å². The predicted octanol–water partition coefficient (Wildman–Crippen LogP) is 14.7. The molecule has 2 aromatic carbocycles. The zero-order valence-corrected chi connectivity index (χ0v) is 50.8. The largest absolute Gasteiger partial charge is 2.00 e. The Morgan fingerprint density at radius 2 is 0.571 bits per heavy atom. The Labute approximate surface area is 493 Å². The van der Waals surface area contributed by atoms with Crippen molar-refractivity contribution in [2.75, 3.05) is 26.4 Å². The van der Waals surface area contributed by atoms with Crippen molar-refractivity contribution < 1.29 is 64.1 Å². The molecule has 0 atom stereocenters. The average molecular weight is 1140 g/mol. The van der Waals surface area contributed by atoms with Crippen molar-refractivity contribution in [2.24, 2.45) is 0 Å². The summed E-state index contributed by atoms with van der Waals surface area (Å²) in [6.07, 6.45) is 45.3. The molecule has 0 aliphatic heterocycles. The third-order valence-corrected chi connectivity index (χ3v) is 13.7. The number of rotatable bonds is 42. The van der Waals surface area contributed by atoms with Crippen molar-refractivity contribution in [1.82, 2.24) is 0 Å². The van der Waals surface area contributed by atoms with Gasteiger partial charge < -0.3 is 28.1 Å². The maximum Gasteiger partial charge on any atom is 2.00 e. The minimum Gasteiger partial charge on any atom is -0.744 e. The normalized spacial score (nSPS) is 11.7. The van der Waals surface area contributed by atoms with Gasteiger partial charge in [-0.05, 0) is 139 Å². The van der Waals surface area contributed by atoms with Crippen LogP contribution in [0, 0.1) is 0 Å². The topological polar surface area (TPSA) is 220 Å². The Morgan fingerprint density at radius 3 is 0.805 bits per heavy atom. The van der Waals surface area contributed by atoms with Gasteiger partial charge in [0.2, 0.25) is 0 Å². The van der Waals surface area contributed by atoms with E-state index in [1.807, 2.05) is 0 Å². The van der Waals surface area contributed by atoms with Crippen LogP contribution in [0.3, 0.4) is 0 Å². The number of esters is 4. The maximum absolute atomic E-state index is 12.7. The van der Waals surface area contributed by atoms with Crippen molar-refractivity contribution in [2.45, 2.75) is 217 Å². The summed E-state index contributed by atoms with van der Waals surface area (Å²) >= 11 is 0. The molecule has 77 heavy (non-hydrogen) atoms. The van der Waals surface area contributed by atoms with Crippen molar-refractivity contribution in [3.8, 4) is 0 Å². The minimum absolute atomic E-state index is 0. The van der Waals surface area contributed by atoms with E-state index in [-0.39, 0.29) is 86.4 Å². The molecule has 0 bridgehead atoms. The van der Waals surface area contributed by atoms with Crippen LogP contribution in [0.2, 0.25) is 0 Å². The van der Waals surface area contributed by atoms with Crippen LogP contribution in [-0.4, -0.2) is 114 Å². The van der Waals surface area contributed by atoms with Gasteiger partial charge in [-0.3, -0.25) is 0 Å². The Balaban J connectivity index is 0.00000148. The second kappa shape index (κ2) is 47.2. The summed E-state index contributed by atoms with van der Waals surface area (Å²) in [5, 5.41) is 0. The number of carbonyl (C=O) groups is 4. The zero-order valence-electron chi connectivity index (χ0n) is 46.9. The Hall–Kier alpha value is -3.64. The van der Waals surface area contributed by atoms with Crippen molar-refractivity contribution >= 4 is 81.9 Å². The number of unbranched alkanes of at least 4 members (excludes halogenated alkanes) is 20. The van der Waals surface area contributed by atoms with Gasteiger partial charge in [0.05, 0.1) is 58.5 Å². The summed E-state index contributed by atoms with van der Waals surface area (Å²) in [6, 6.07) is 6.11. The first-order chi connectivity index (χ1) is 36.6. The predicted molar refractivity (Wildman–Crippen MR) is 304 cm³/mol. The van der Waals surface area contributed by atoms with E-state index in [1.165, 1.54) is 0 Å². The molecule has 17 heteroatoms. The molecular weight excluding hydrogens is 1050 g/mol. The molecule has 0 aliphatic rings. The van der Waals surface area contributed by atoms with Gasteiger partial charge >= 0.3 is 61.6 Å². The van der Waals surface area contributed by atoms with E-state index in [1.54, 1.807) is 0 Å². The van der Waals surface area contributed by atoms with Gasteiger partial charge in [-0.15, -0.1) is 0 Å². The fraction of sp³-hybridized carbons (Fsp3) is 0.600. The van der Waals surface area contributed by atoms with E-state index >= 15 is 0 Å². The Kier molecular flexibility index (Phi) is 45.0. The molecule has 0 saturated carbocycles. The second-order valence-electron chi connectivity index (χ2n) is 18.6. The summed E-state index contributed by atoms with van der Waals surface area (Å²) in [7, 11) is -9.60. The Morgan fingerprint density at radius 1 is 0.351 bits per heavy atom. The van der Waals surface area contributed by atoms with Crippen LogP contribution in [-0.2, 0) is 39.2 Å². The molecule has 0 radical (unpaired) electrons. The van der Waals surface area contributed by atoms with Gasteiger partial charge in [-0.2, -0.15) is 0 Å². The summed E-state index contributed by atoms with van der Waals surface area (Å²) in [6.45, 7) is 9.12. The van der Waals surface area contributed by atoms with E-state index in [9.17, 15) is 45.1 Å². The standard InChI is InChI=1S/2C30H46O7S.Ca/c2*1-3-5-7-9-11-13-15-17-19-23-36-29(31)27-22-21-26(38(33,34)35)25-28(27)30(32)37-24-20-18-16-14-12-10-8-6-4-2;/h2*5-8,21-22,25H,3-4,9-20,23-24H2,1-2H3,(H,33,34,35);/q;;+2/p-2/b2*7-5+,8-6+;. The van der Waals surface area contributed by atoms with Crippen LogP contribution >= 0.6 is 0 Å². The fourth-order valence-corrected chi connectivity index (χ4v) is 8.73. The van der Waals surface area contributed by atoms with E-state index in [0.29, 0.717) is 25.7 Å². The summed E-state index contributed by atoms with van der Waals surface area (Å²) < 4.78 is 90.1. The van der Waals surface area contributed by atoms with Crippen molar-refractivity contribution in [3.05, 3.63) is 107 Å². The Bertz CT molecular complexity index is 2130. The van der Waals surface area contributed by atoms with Gasteiger partial charge in [0, 0.05) is 0 Å². The third kappa shape index (κ3) is 37.0. The number of benzene rings is 2. The van der Waals surface area contributed by atoms with Gasteiger partial charge in [-0.1, -0.05) is 153 Å². The first-order valence-corrected chi connectivity index (χ1v) is 30.9. The smallest absolute Gasteiger partial charge is 0.744 e. The van der Waals surface area contributed by atoms with Crippen LogP contribution in [0.25, 0.3) is 0 Å². The van der Waals surface area contributed by atoms with Gasteiger partial charge in [0.15, 0.2) is 0 Å². The number of hydrogen-bond acceptors (Lipinski definition) is 14. The molecule has 0 aromatic heterocycles. The molecule has 2 rings (SSSR count). The van der Waals surface area contributed by atoms with E-state index in [0.717, 1.165) is 190 Å². The van der Waals surface area contributed by atoms with Crippen LogP contribution in [0.4, 0.5) is 0 Å². The van der Waals surface area contributed by atoms with Crippen LogP contribution in [0.5, 0.6) is 0 Å². The molecule has 0 aliphatic carbocycles. The molecule has 14 nitrogen and oxygen atoms in total. The summed E-state index contributed by atoms with van der Waals surface area (Å²) in [5.74, 6) is -3.17. The average Bonchev–Trinajstić information content (AvgIpc) is 3.39. The number of ether oxygens (including phenoxy) is 4. The van der Waals surface area contributed by atoms with Crippen molar-refractivity contribution in [3.63, 3.8) is 0 Å². The number of allylic oxidation sites excluding steroid dienone is 8. The molecule has 0 heterocycles. The number of hydrogen-bond donors (Lipinski definition) is 0. The fourth-order valence-electron chi connectivity index (χ4n) is 7.74. The third-order valence-electron chi connectivity index (χ3n) is 12.0. The van der Waals surface area contributed by atoms with E-state index < -0.39 is 53.9 Å².